The lowest BCUT2D eigenvalue weighted by Gasteiger charge is -2.18. The Bertz CT molecular complexity index is 715. The van der Waals surface area contributed by atoms with Crippen molar-refractivity contribution in [2.45, 2.75) is 12.3 Å². The van der Waals surface area contributed by atoms with E-state index in [1.54, 1.807) is 25.3 Å². The van der Waals surface area contributed by atoms with Gasteiger partial charge in [0.25, 0.3) is 5.91 Å². The molecule has 5 heteroatoms. The molecule has 0 saturated carbocycles. The van der Waals surface area contributed by atoms with Crippen molar-refractivity contribution < 1.29 is 9.53 Å². The fourth-order valence-electron chi connectivity index (χ4n) is 2.92. The van der Waals surface area contributed by atoms with E-state index in [4.69, 9.17) is 27.9 Å². The van der Waals surface area contributed by atoms with Gasteiger partial charge in [0.1, 0.15) is 5.75 Å². The first-order valence-corrected chi connectivity index (χ1v) is 8.22. The minimum absolute atomic E-state index is 0.0616. The monoisotopic (exact) mass is 349 g/mol. The highest BCUT2D eigenvalue weighted by Gasteiger charge is 2.29. The summed E-state index contributed by atoms with van der Waals surface area (Å²) in [5.74, 6) is 1.11. The van der Waals surface area contributed by atoms with Crippen molar-refractivity contribution in [2.24, 2.45) is 0 Å². The molecule has 1 aliphatic heterocycles. The number of benzene rings is 2. The van der Waals surface area contributed by atoms with Crippen molar-refractivity contribution in [2.75, 3.05) is 20.2 Å². The first-order chi connectivity index (χ1) is 11.1. The molecule has 0 bridgehead atoms. The third-order valence-electron chi connectivity index (χ3n) is 4.22. The van der Waals surface area contributed by atoms with Gasteiger partial charge in [0.15, 0.2) is 0 Å². The zero-order chi connectivity index (χ0) is 16.4. The maximum Gasteiger partial charge on any atom is 0.255 e. The number of carbonyl (C=O) groups is 1. The number of halogens is 2. The fraction of sp³-hybridized carbons (Fsp3) is 0.278. The molecule has 23 heavy (non-hydrogen) atoms. The minimum Gasteiger partial charge on any atom is -0.497 e. The van der Waals surface area contributed by atoms with E-state index < -0.39 is 0 Å². The third-order valence-corrected chi connectivity index (χ3v) is 4.79. The number of hydrogen-bond donors (Lipinski definition) is 0. The summed E-state index contributed by atoms with van der Waals surface area (Å²) in [6.07, 6.45) is 0.941. The van der Waals surface area contributed by atoms with Crippen LogP contribution in [-0.2, 0) is 0 Å². The van der Waals surface area contributed by atoms with Crippen LogP contribution in [0.5, 0.6) is 5.75 Å². The van der Waals surface area contributed by atoms with Gasteiger partial charge in [-0.05, 0) is 42.3 Å². The van der Waals surface area contributed by atoms with Crippen LogP contribution in [0, 0.1) is 0 Å². The van der Waals surface area contributed by atoms with E-state index in [0.29, 0.717) is 28.1 Å². The minimum atomic E-state index is -0.0616. The topological polar surface area (TPSA) is 29.5 Å². The Labute approximate surface area is 145 Å². The average Bonchev–Trinajstić information content (AvgIpc) is 3.06. The highest BCUT2D eigenvalue weighted by molar-refractivity contribution is 6.35. The maximum absolute atomic E-state index is 12.7. The van der Waals surface area contributed by atoms with E-state index in [2.05, 4.69) is 12.1 Å². The lowest BCUT2D eigenvalue weighted by molar-refractivity contribution is 0.0791. The fourth-order valence-corrected chi connectivity index (χ4v) is 3.30. The van der Waals surface area contributed by atoms with E-state index in [-0.39, 0.29) is 5.91 Å². The Morgan fingerprint density at radius 3 is 2.61 bits per heavy atom. The zero-order valence-corrected chi connectivity index (χ0v) is 14.3. The second kappa shape index (κ2) is 6.81. The predicted molar refractivity (Wildman–Crippen MR) is 92.7 cm³/mol. The quantitative estimate of drug-likeness (QED) is 0.808. The molecule has 1 atom stereocenters. The van der Waals surface area contributed by atoms with Gasteiger partial charge in [0.05, 0.1) is 17.7 Å². The van der Waals surface area contributed by atoms with Gasteiger partial charge in [-0.3, -0.25) is 4.79 Å². The van der Waals surface area contributed by atoms with Crippen LogP contribution in [-0.4, -0.2) is 31.0 Å². The molecule has 120 valence electrons. The van der Waals surface area contributed by atoms with Crippen LogP contribution in [0.25, 0.3) is 0 Å². The second-order valence-corrected chi connectivity index (χ2v) is 6.48. The molecule has 0 spiro atoms. The first-order valence-electron chi connectivity index (χ1n) is 7.47. The van der Waals surface area contributed by atoms with Gasteiger partial charge < -0.3 is 9.64 Å². The predicted octanol–water partition coefficient (Wildman–Crippen LogP) is 4.63. The summed E-state index contributed by atoms with van der Waals surface area (Å²) in [7, 11) is 1.65. The normalized spacial score (nSPS) is 17.3. The molecule has 0 radical (unpaired) electrons. The van der Waals surface area contributed by atoms with Crippen LogP contribution < -0.4 is 4.74 Å². The molecule has 0 N–H and O–H groups in total. The molecular formula is C18H17Cl2NO2. The lowest BCUT2D eigenvalue weighted by atomic mass is 9.98. The Balaban J connectivity index is 1.73. The van der Waals surface area contributed by atoms with Crippen LogP contribution in [0.4, 0.5) is 0 Å². The van der Waals surface area contributed by atoms with E-state index in [9.17, 15) is 4.79 Å². The van der Waals surface area contributed by atoms with E-state index in [1.165, 1.54) is 5.56 Å². The molecule has 0 aliphatic carbocycles. The van der Waals surface area contributed by atoms with Crippen LogP contribution in [0.2, 0.25) is 10.0 Å². The van der Waals surface area contributed by atoms with Crippen molar-refractivity contribution in [3.63, 3.8) is 0 Å². The van der Waals surface area contributed by atoms with Gasteiger partial charge in [0.2, 0.25) is 0 Å². The summed E-state index contributed by atoms with van der Waals surface area (Å²) in [6.45, 7) is 1.41. The number of ether oxygens (including phenoxy) is 1. The number of methoxy groups -OCH3 is 1. The molecule has 1 amide bonds. The van der Waals surface area contributed by atoms with Crippen molar-refractivity contribution in [3.8, 4) is 5.75 Å². The molecule has 1 saturated heterocycles. The maximum atomic E-state index is 12.7. The van der Waals surface area contributed by atoms with Gasteiger partial charge >= 0.3 is 0 Å². The van der Waals surface area contributed by atoms with Crippen LogP contribution >= 0.6 is 23.2 Å². The molecule has 1 unspecified atom stereocenters. The van der Waals surface area contributed by atoms with Crippen LogP contribution in [0.3, 0.4) is 0 Å². The number of carbonyl (C=O) groups excluding carboxylic acids is 1. The summed E-state index contributed by atoms with van der Waals surface area (Å²) in [5, 5.41) is 0.955. The summed E-state index contributed by atoms with van der Waals surface area (Å²) in [4.78, 5) is 14.5. The number of hydrogen-bond acceptors (Lipinski definition) is 2. The molecule has 1 aliphatic rings. The average molecular weight is 350 g/mol. The highest BCUT2D eigenvalue weighted by Crippen LogP contribution is 2.31. The number of nitrogens with zero attached hydrogens (tertiary/aromatic N) is 1. The van der Waals surface area contributed by atoms with Gasteiger partial charge in [0, 0.05) is 24.0 Å². The van der Waals surface area contributed by atoms with Gasteiger partial charge in [-0.2, -0.15) is 0 Å². The second-order valence-electron chi connectivity index (χ2n) is 5.63. The Morgan fingerprint density at radius 1 is 1.17 bits per heavy atom. The first kappa shape index (κ1) is 16.2. The summed E-state index contributed by atoms with van der Waals surface area (Å²) < 4.78 is 5.18. The SMILES string of the molecule is COc1ccc(C2CCN(C(=O)c3cc(Cl)ccc3Cl)C2)cc1. The highest BCUT2D eigenvalue weighted by atomic mass is 35.5. The lowest BCUT2D eigenvalue weighted by Crippen LogP contribution is -2.28. The van der Waals surface area contributed by atoms with E-state index in [0.717, 1.165) is 18.7 Å². The molecule has 1 heterocycles. The molecule has 2 aromatic rings. The van der Waals surface area contributed by atoms with Crippen molar-refractivity contribution in [3.05, 3.63) is 63.6 Å². The number of likely N-dealkylation sites (tertiary alicyclic amines) is 1. The summed E-state index contributed by atoms with van der Waals surface area (Å²) in [5.41, 5.74) is 1.69. The Hall–Kier alpha value is -1.71. The molecule has 3 nitrogen and oxygen atoms in total. The Morgan fingerprint density at radius 2 is 1.91 bits per heavy atom. The Kier molecular flexibility index (Phi) is 4.79. The largest absolute Gasteiger partial charge is 0.497 e. The number of amides is 1. The van der Waals surface area contributed by atoms with E-state index >= 15 is 0 Å². The summed E-state index contributed by atoms with van der Waals surface area (Å²) >= 11 is 12.1. The van der Waals surface area contributed by atoms with E-state index in [1.807, 2.05) is 17.0 Å². The van der Waals surface area contributed by atoms with Crippen molar-refractivity contribution >= 4 is 29.1 Å². The molecular weight excluding hydrogens is 333 g/mol. The van der Waals surface area contributed by atoms with Gasteiger partial charge in [-0.15, -0.1) is 0 Å². The van der Waals surface area contributed by atoms with Gasteiger partial charge in [-0.25, -0.2) is 0 Å². The number of rotatable bonds is 3. The van der Waals surface area contributed by atoms with Crippen molar-refractivity contribution in [1.29, 1.82) is 0 Å². The summed E-state index contributed by atoms with van der Waals surface area (Å²) in [6, 6.07) is 13.0. The molecule has 1 fully saturated rings. The molecule has 2 aromatic carbocycles. The smallest absolute Gasteiger partial charge is 0.255 e. The zero-order valence-electron chi connectivity index (χ0n) is 12.8. The van der Waals surface area contributed by atoms with Crippen molar-refractivity contribution in [1.82, 2.24) is 4.90 Å². The van der Waals surface area contributed by atoms with Gasteiger partial charge in [-0.1, -0.05) is 35.3 Å². The standard InChI is InChI=1S/C18H17Cl2NO2/c1-23-15-5-2-12(3-6-15)13-8-9-21(11-13)18(22)16-10-14(19)4-7-17(16)20/h2-7,10,13H,8-9,11H2,1H3. The third kappa shape index (κ3) is 3.46. The van der Waals surface area contributed by atoms with Crippen LogP contribution in [0.15, 0.2) is 42.5 Å². The van der Waals surface area contributed by atoms with Crippen LogP contribution in [0.1, 0.15) is 28.3 Å². The molecule has 3 rings (SSSR count). The molecule has 0 aromatic heterocycles.